The molecule has 0 spiro atoms. The number of hydrogen-bond acceptors (Lipinski definition) is 9. The van der Waals surface area contributed by atoms with Gasteiger partial charge >= 0.3 is 12.2 Å². The van der Waals surface area contributed by atoms with Crippen LogP contribution >= 0.6 is 0 Å². The highest BCUT2D eigenvalue weighted by Crippen LogP contribution is 2.44. The summed E-state index contributed by atoms with van der Waals surface area (Å²) in [5.74, 6) is 2.00. The Balaban J connectivity index is 1.06. The van der Waals surface area contributed by atoms with E-state index in [4.69, 9.17) is 28.9 Å². The lowest BCUT2D eigenvalue weighted by Crippen LogP contribution is -2.51. The number of likely N-dealkylation sites (tertiary alicyclic amines) is 2. The lowest BCUT2D eigenvalue weighted by atomic mass is 9.92. The highest BCUT2D eigenvalue weighted by molar-refractivity contribution is 6.07. The molecular formula is C43H51N7O7. The van der Waals surface area contributed by atoms with E-state index in [-0.39, 0.29) is 35.9 Å². The number of aromatic amines is 2. The molecule has 4 atom stereocenters. The third-order valence-corrected chi connectivity index (χ3v) is 11.3. The van der Waals surface area contributed by atoms with Gasteiger partial charge in [-0.2, -0.15) is 0 Å². The van der Waals surface area contributed by atoms with Gasteiger partial charge in [0, 0.05) is 37.1 Å². The average Bonchev–Trinajstić information content (AvgIpc) is 4.01. The fourth-order valence-corrected chi connectivity index (χ4v) is 8.54. The Morgan fingerprint density at radius 2 is 1.82 bits per heavy atom. The van der Waals surface area contributed by atoms with Gasteiger partial charge in [-0.15, -0.1) is 0 Å². The van der Waals surface area contributed by atoms with Crippen LogP contribution < -0.4 is 10.1 Å². The largest absolute Gasteiger partial charge is 0.488 e. The molecule has 1 unspecified atom stereocenters. The molecule has 3 aliphatic rings. The lowest BCUT2D eigenvalue weighted by molar-refractivity contribution is -0.135. The first kappa shape index (κ1) is 38.3. The maximum Gasteiger partial charge on any atom is 0.410 e. The number of benzene rings is 3. The molecule has 3 aliphatic heterocycles. The summed E-state index contributed by atoms with van der Waals surface area (Å²) in [5.41, 5.74) is 6.13. The molecule has 5 aromatic rings. The van der Waals surface area contributed by atoms with Crippen LogP contribution in [0.3, 0.4) is 0 Å². The lowest BCUT2D eigenvalue weighted by Gasteiger charge is -2.30. The van der Waals surface area contributed by atoms with Gasteiger partial charge < -0.3 is 39.1 Å². The van der Waals surface area contributed by atoms with E-state index in [1.165, 1.54) is 7.11 Å². The molecule has 3 amide bonds. The van der Waals surface area contributed by atoms with Crippen molar-refractivity contribution in [1.82, 2.24) is 35.1 Å². The number of methoxy groups -OCH3 is 2. The van der Waals surface area contributed by atoms with Gasteiger partial charge in [0.15, 0.2) is 0 Å². The van der Waals surface area contributed by atoms with Crippen LogP contribution in [-0.4, -0.2) is 93.4 Å². The first-order valence-corrected chi connectivity index (χ1v) is 19.7. The number of imidazole rings is 2. The number of ether oxygens (including phenoxy) is 4. The average molecular weight is 778 g/mol. The minimum atomic E-state index is -0.750. The third-order valence-electron chi connectivity index (χ3n) is 11.3. The van der Waals surface area contributed by atoms with Crippen molar-refractivity contribution in [3.05, 3.63) is 65.9 Å². The van der Waals surface area contributed by atoms with Gasteiger partial charge in [-0.05, 0) is 92.3 Å². The Bertz CT molecular complexity index is 2340. The summed E-state index contributed by atoms with van der Waals surface area (Å²) < 4.78 is 22.4. The van der Waals surface area contributed by atoms with Crippen molar-refractivity contribution < 1.29 is 33.3 Å². The molecule has 0 aliphatic carbocycles. The van der Waals surface area contributed by atoms with Gasteiger partial charge in [0.1, 0.15) is 35.6 Å². The minimum absolute atomic E-state index is 0.109. The van der Waals surface area contributed by atoms with Gasteiger partial charge in [-0.1, -0.05) is 32.0 Å². The van der Waals surface area contributed by atoms with Crippen LogP contribution in [-0.2, 0) is 25.6 Å². The van der Waals surface area contributed by atoms with E-state index in [9.17, 15) is 14.4 Å². The Hall–Kier alpha value is -5.63. The van der Waals surface area contributed by atoms with Crippen molar-refractivity contribution in [2.24, 2.45) is 11.8 Å². The number of hydrogen-bond donors (Lipinski definition) is 3. The van der Waals surface area contributed by atoms with E-state index < -0.39 is 17.7 Å². The van der Waals surface area contributed by atoms with Crippen molar-refractivity contribution in [1.29, 1.82) is 0 Å². The molecule has 0 saturated carbocycles. The number of nitrogens with one attached hydrogen (secondary N) is 3. The second-order valence-corrected chi connectivity index (χ2v) is 16.7. The highest BCUT2D eigenvalue weighted by Gasteiger charge is 2.42. The smallest absolute Gasteiger partial charge is 0.410 e. The zero-order chi connectivity index (χ0) is 40.2. The quantitative estimate of drug-likeness (QED) is 0.144. The summed E-state index contributed by atoms with van der Waals surface area (Å²) >= 11 is 0. The summed E-state index contributed by atoms with van der Waals surface area (Å²) in [7, 11) is 2.96. The topological polar surface area (TPSA) is 164 Å². The molecule has 2 saturated heterocycles. The molecule has 0 radical (unpaired) electrons. The number of alkyl carbamates (subject to hydrolysis) is 1. The number of rotatable bonds is 8. The van der Waals surface area contributed by atoms with E-state index in [1.54, 1.807) is 12.0 Å². The monoisotopic (exact) mass is 777 g/mol. The van der Waals surface area contributed by atoms with Crippen LogP contribution in [0.25, 0.3) is 44.2 Å². The first-order chi connectivity index (χ1) is 27.3. The number of H-pyrrole nitrogens is 2. The SMILES string of the molecule is COC[C@H]1C[C@@H](c2nc3ccc4cc5c(cc4c3[nH]2)OCc2cc(-c3cnc(C4CCCN4C(=O)OC(C)(C)C)[nH]3)ccc2-5)N(C(=O)[C@@H](NC(=O)OC)C(C)C)C1. The molecule has 300 valence electrons. The van der Waals surface area contributed by atoms with Gasteiger partial charge in [-0.3, -0.25) is 9.69 Å². The summed E-state index contributed by atoms with van der Waals surface area (Å²) in [6, 6.07) is 13.4. The number of carbonyl (C=O) groups excluding carboxylic acids is 3. The maximum atomic E-state index is 14.0. The standard InChI is InChI=1S/C43H51N7O7/c1-23(2)36(48-41(52)55-7)40(51)50-20-24(21-54-6)15-34(50)39-45-31-13-11-25-17-30-28-12-10-26(16-27(28)22-56-35(30)18-29(25)37(31)47-39)32-19-44-38(46-32)33-9-8-14-49(33)42(53)57-43(3,4)5/h10-13,16-19,23-24,33-34,36H,8-9,14-15,20-22H2,1-7H3,(H,44,46)(H,45,47)(H,48,52)/t24-,33?,34-,36-/m0/s1. The number of amides is 3. The summed E-state index contributed by atoms with van der Waals surface area (Å²) in [5, 5.41) is 4.73. The molecular weight excluding hydrogens is 727 g/mol. The van der Waals surface area contributed by atoms with Crippen LogP contribution in [0.5, 0.6) is 5.75 Å². The predicted octanol–water partition coefficient (Wildman–Crippen LogP) is 7.65. The van der Waals surface area contributed by atoms with Gasteiger partial charge in [0.05, 0.1) is 48.7 Å². The number of nitrogens with zero attached hydrogens (tertiary/aromatic N) is 4. The minimum Gasteiger partial charge on any atom is -0.488 e. The van der Waals surface area contributed by atoms with Crippen molar-refractivity contribution in [3.8, 4) is 28.1 Å². The Kier molecular flexibility index (Phi) is 10.1. The predicted molar refractivity (Wildman–Crippen MR) is 214 cm³/mol. The van der Waals surface area contributed by atoms with Crippen LogP contribution in [0, 0.1) is 11.8 Å². The Labute approximate surface area is 331 Å². The fraction of sp³-hybridized carbons (Fsp3) is 0.465. The Morgan fingerprint density at radius 3 is 2.58 bits per heavy atom. The molecule has 57 heavy (non-hydrogen) atoms. The highest BCUT2D eigenvalue weighted by atomic mass is 16.6. The van der Waals surface area contributed by atoms with Gasteiger partial charge in [0.2, 0.25) is 5.91 Å². The third kappa shape index (κ3) is 7.38. The molecule has 3 aromatic carbocycles. The van der Waals surface area contributed by atoms with Gasteiger partial charge in [-0.25, -0.2) is 19.6 Å². The second kappa shape index (κ2) is 15.0. The fourth-order valence-electron chi connectivity index (χ4n) is 8.54. The summed E-state index contributed by atoms with van der Waals surface area (Å²) in [6.45, 7) is 11.5. The molecule has 0 bridgehead atoms. The molecule has 8 rings (SSSR count). The normalized spacial score (nSPS) is 19.8. The van der Waals surface area contributed by atoms with Crippen molar-refractivity contribution >= 4 is 39.9 Å². The maximum absolute atomic E-state index is 14.0. The van der Waals surface area contributed by atoms with Crippen molar-refractivity contribution in [3.63, 3.8) is 0 Å². The summed E-state index contributed by atoms with van der Waals surface area (Å²) in [4.78, 5) is 59.5. The first-order valence-electron chi connectivity index (χ1n) is 19.7. The number of aromatic nitrogens is 4. The van der Waals surface area contributed by atoms with E-state index >= 15 is 0 Å². The molecule has 2 aromatic heterocycles. The zero-order valence-electron chi connectivity index (χ0n) is 33.6. The van der Waals surface area contributed by atoms with Crippen LogP contribution in [0.4, 0.5) is 9.59 Å². The van der Waals surface area contributed by atoms with Crippen LogP contribution in [0.15, 0.2) is 48.7 Å². The van der Waals surface area contributed by atoms with E-state index in [2.05, 4.69) is 51.7 Å². The van der Waals surface area contributed by atoms with E-state index in [0.29, 0.717) is 38.5 Å². The molecule has 3 N–H and O–H groups in total. The van der Waals surface area contributed by atoms with Crippen LogP contribution in [0.1, 0.15) is 83.2 Å². The van der Waals surface area contributed by atoms with Crippen molar-refractivity contribution in [2.75, 3.05) is 33.9 Å². The van der Waals surface area contributed by atoms with E-state index in [1.807, 2.05) is 51.8 Å². The number of carbonyl (C=O) groups is 3. The van der Waals surface area contributed by atoms with Gasteiger partial charge in [0.25, 0.3) is 0 Å². The molecule has 14 nitrogen and oxygen atoms in total. The van der Waals surface area contributed by atoms with E-state index in [0.717, 1.165) is 74.2 Å². The summed E-state index contributed by atoms with van der Waals surface area (Å²) in [6.07, 6.45) is 3.26. The molecule has 5 heterocycles. The molecule has 2 fully saturated rings. The second-order valence-electron chi connectivity index (χ2n) is 16.7. The molecule has 14 heteroatoms. The van der Waals surface area contributed by atoms with Crippen molar-refractivity contribution in [2.45, 2.75) is 84.2 Å². The number of fused-ring (bicyclic) bond motifs is 6. The van der Waals surface area contributed by atoms with Crippen LogP contribution in [0.2, 0.25) is 0 Å². The Morgan fingerprint density at radius 1 is 1.00 bits per heavy atom. The zero-order valence-corrected chi connectivity index (χ0v) is 33.6.